The molecule has 136 valence electrons. The summed E-state index contributed by atoms with van der Waals surface area (Å²) in [5.74, 6) is 0.676. The monoisotopic (exact) mass is 356 g/mol. The van der Waals surface area contributed by atoms with E-state index < -0.39 is 16.1 Å². The van der Waals surface area contributed by atoms with Gasteiger partial charge in [0.2, 0.25) is 10.0 Å². The van der Waals surface area contributed by atoms with Gasteiger partial charge < -0.3 is 14.7 Å². The summed E-state index contributed by atoms with van der Waals surface area (Å²) in [4.78, 5) is 2.14. The number of para-hydroxylation sites is 1. The summed E-state index contributed by atoms with van der Waals surface area (Å²) < 4.78 is 30.8. The smallest absolute Gasteiger partial charge is 0.214 e. The number of hydrogen-bond acceptors (Lipinski definition) is 5. The van der Waals surface area contributed by atoms with Crippen LogP contribution in [0.1, 0.15) is 12.8 Å². The van der Waals surface area contributed by atoms with E-state index in [4.69, 9.17) is 4.74 Å². The summed E-state index contributed by atoms with van der Waals surface area (Å²) in [6.45, 7) is 2.70. The van der Waals surface area contributed by atoms with Crippen molar-refractivity contribution in [1.82, 2.24) is 9.21 Å². The molecule has 24 heavy (non-hydrogen) atoms. The molecule has 2 atom stereocenters. The molecule has 1 aliphatic heterocycles. The van der Waals surface area contributed by atoms with Crippen molar-refractivity contribution in [2.24, 2.45) is 5.92 Å². The van der Waals surface area contributed by atoms with E-state index >= 15 is 0 Å². The van der Waals surface area contributed by atoms with Crippen LogP contribution in [0.5, 0.6) is 5.75 Å². The Morgan fingerprint density at radius 1 is 1.21 bits per heavy atom. The van der Waals surface area contributed by atoms with Gasteiger partial charge in [0.15, 0.2) is 0 Å². The fourth-order valence-corrected chi connectivity index (χ4v) is 4.02. The van der Waals surface area contributed by atoms with Gasteiger partial charge in [-0.05, 0) is 31.5 Å². The molecule has 1 heterocycles. The number of unbranched alkanes of at least 4 members (excludes halogenated alkanes) is 1. The van der Waals surface area contributed by atoms with Gasteiger partial charge in [-0.25, -0.2) is 12.7 Å². The van der Waals surface area contributed by atoms with Gasteiger partial charge in [-0.3, -0.25) is 0 Å². The first-order chi connectivity index (χ1) is 11.4. The third kappa shape index (κ3) is 5.73. The van der Waals surface area contributed by atoms with Gasteiger partial charge in [0.25, 0.3) is 0 Å². The highest BCUT2D eigenvalue weighted by Gasteiger charge is 2.34. The zero-order chi connectivity index (χ0) is 17.6. The lowest BCUT2D eigenvalue weighted by molar-refractivity contribution is 0.148. The minimum Gasteiger partial charge on any atom is -0.494 e. The molecule has 0 amide bonds. The van der Waals surface area contributed by atoms with Crippen LogP contribution < -0.4 is 4.74 Å². The highest BCUT2D eigenvalue weighted by atomic mass is 32.2. The van der Waals surface area contributed by atoms with E-state index in [2.05, 4.69) is 4.90 Å². The third-order valence-electron chi connectivity index (χ3n) is 4.34. The first kappa shape index (κ1) is 19.2. The number of benzene rings is 1. The van der Waals surface area contributed by atoms with E-state index in [1.807, 2.05) is 30.3 Å². The van der Waals surface area contributed by atoms with Crippen LogP contribution in [0.4, 0.5) is 0 Å². The fourth-order valence-electron chi connectivity index (χ4n) is 2.85. The Hall–Kier alpha value is -1.15. The second kappa shape index (κ2) is 8.80. The average Bonchev–Trinajstić information content (AvgIpc) is 2.87. The van der Waals surface area contributed by atoms with Crippen molar-refractivity contribution in [1.29, 1.82) is 0 Å². The summed E-state index contributed by atoms with van der Waals surface area (Å²) in [6.07, 6.45) is 1.33. The van der Waals surface area contributed by atoms with Crippen LogP contribution >= 0.6 is 0 Å². The molecular formula is C17H28N2O4S. The normalized spacial score (nSPS) is 22.2. The zero-order valence-electron chi connectivity index (χ0n) is 14.5. The molecule has 0 spiro atoms. The van der Waals surface area contributed by atoms with Gasteiger partial charge in [-0.1, -0.05) is 18.2 Å². The number of aliphatic hydroxyl groups excluding tert-OH is 1. The van der Waals surface area contributed by atoms with E-state index in [1.165, 1.54) is 18.4 Å². The predicted molar refractivity (Wildman–Crippen MR) is 94.6 cm³/mol. The number of likely N-dealkylation sites (tertiary alicyclic amines) is 1. The lowest BCUT2D eigenvalue weighted by atomic mass is 10.1. The van der Waals surface area contributed by atoms with Crippen molar-refractivity contribution < 1.29 is 18.3 Å². The first-order valence-electron chi connectivity index (χ1n) is 8.37. The molecule has 1 aromatic carbocycles. The number of rotatable bonds is 9. The van der Waals surface area contributed by atoms with Crippen LogP contribution in [0.2, 0.25) is 0 Å². The molecule has 0 aliphatic carbocycles. The second-order valence-corrected chi connectivity index (χ2v) is 8.74. The van der Waals surface area contributed by atoms with Gasteiger partial charge in [-0.2, -0.15) is 0 Å². The van der Waals surface area contributed by atoms with Crippen LogP contribution in [-0.2, 0) is 10.0 Å². The van der Waals surface area contributed by atoms with Gasteiger partial charge >= 0.3 is 0 Å². The van der Waals surface area contributed by atoms with Crippen molar-refractivity contribution in [2.75, 3.05) is 46.1 Å². The van der Waals surface area contributed by atoms with Crippen LogP contribution in [-0.4, -0.2) is 74.9 Å². The molecular weight excluding hydrogens is 328 g/mol. The Kier molecular flexibility index (Phi) is 7.03. The highest BCUT2D eigenvalue weighted by molar-refractivity contribution is 7.89. The number of hydrogen-bond donors (Lipinski definition) is 1. The summed E-state index contributed by atoms with van der Waals surface area (Å²) in [5, 5.41) is 10.1. The third-order valence-corrected chi connectivity index (χ3v) is 6.31. The molecule has 1 saturated heterocycles. The highest BCUT2D eigenvalue weighted by Crippen LogP contribution is 2.20. The Balaban J connectivity index is 1.66. The van der Waals surface area contributed by atoms with Crippen LogP contribution in [0.25, 0.3) is 0 Å². The minimum atomic E-state index is -3.27. The SMILES string of the molecule is CN(C)S(=O)(=O)C[C@@H]1CN(CCCCOc2ccccc2)C[C@@H]1O. The van der Waals surface area contributed by atoms with E-state index in [0.29, 0.717) is 19.7 Å². The van der Waals surface area contributed by atoms with E-state index in [9.17, 15) is 13.5 Å². The molecule has 0 aromatic heterocycles. The largest absolute Gasteiger partial charge is 0.494 e. The number of ether oxygens (including phenoxy) is 1. The molecule has 2 rings (SSSR count). The van der Waals surface area contributed by atoms with Crippen LogP contribution in [0.15, 0.2) is 30.3 Å². The minimum absolute atomic E-state index is 0.00872. The van der Waals surface area contributed by atoms with Crippen molar-refractivity contribution in [3.05, 3.63) is 30.3 Å². The maximum atomic E-state index is 12.0. The molecule has 1 fully saturated rings. The Morgan fingerprint density at radius 3 is 2.58 bits per heavy atom. The summed E-state index contributed by atoms with van der Waals surface area (Å²) in [7, 11) is -0.213. The van der Waals surface area contributed by atoms with Crippen molar-refractivity contribution in [3.63, 3.8) is 0 Å². The molecule has 0 saturated carbocycles. The summed E-state index contributed by atoms with van der Waals surface area (Å²) in [6, 6.07) is 9.73. The molecule has 1 N–H and O–H groups in total. The lowest BCUT2D eigenvalue weighted by Gasteiger charge is -2.18. The summed E-state index contributed by atoms with van der Waals surface area (Å²) >= 11 is 0. The van der Waals surface area contributed by atoms with Gasteiger partial charge in [0, 0.05) is 33.1 Å². The van der Waals surface area contributed by atoms with Crippen molar-refractivity contribution >= 4 is 10.0 Å². The molecule has 1 aromatic rings. The van der Waals surface area contributed by atoms with Crippen LogP contribution in [0.3, 0.4) is 0 Å². The molecule has 7 heteroatoms. The number of β-amino-alcohol motifs (C(OH)–C–C–N with tert-alkyl or cyclic N) is 1. The number of nitrogens with zero attached hydrogens (tertiary/aromatic N) is 2. The van der Waals surface area contributed by atoms with E-state index in [-0.39, 0.29) is 11.7 Å². The van der Waals surface area contributed by atoms with Gasteiger partial charge in [-0.15, -0.1) is 0 Å². The van der Waals surface area contributed by atoms with Crippen molar-refractivity contribution in [2.45, 2.75) is 18.9 Å². The van der Waals surface area contributed by atoms with Gasteiger partial charge in [0.1, 0.15) is 5.75 Å². The average molecular weight is 356 g/mol. The summed E-state index contributed by atoms with van der Waals surface area (Å²) in [5.41, 5.74) is 0. The Bertz CT molecular complexity index is 592. The maximum Gasteiger partial charge on any atom is 0.214 e. The standard InChI is InChI=1S/C17H28N2O4S/c1-18(2)24(21,22)14-15-12-19(13-17(15)20)10-6-7-11-23-16-8-4-3-5-9-16/h3-5,8-9,15,17,20H,6-7,10-14H2,1-2H3/t15-,17-/m0/s1. The molecule has 6 nitrogen and oxygen atoms in total. The lowest BCUT2D eigenvalue weighted by Crippen LogP contribution is -2.33. The topological polar surface area (TPSA) is 70.1 Å². The predicted octanol–water partition coefficient (Wildman–Crippen LogP) is 1.03. The molecule has 0 unspecified atom stereocenters. The maximum absolute atomic E-state index is 12.0. The molecule has 0 bridgehead atoms. The first-order valence-corrected chi connectivity index (χ1v) is 9.98. The van der Waals surface area contributed by atoms with Crippen molar-refractivity contribution in [3.8, 4) is 5.75 Å². The fraction of sp³-hybridized carbons (Fsp3) is 0.647. The molecule has 1 aliphatic rings. The van der Waals surface area contributed by atoms with Crippen LogP contribution in [0, 0.1) is 5.92 Å². The van der Waals surface area contributed by atoms with E-state index in [0.717, 1.165) is 25.1 Å². The quantitative estimate of drug-likeness (QED) is 0.669. The van der Waals surface area contributed by atoms with E-state index in [1.54, 1.807) is 0 Å². The Labute approximate surface area is 145 Å². The zero-order valence-corrected chi connectivity index (χ0v) is 15.3. The Morgan fingerprint density at radius 2 is 1.92 bits per heavy atom. The number of aliphatic hydroxyl groups is 1. The number of sulfonamides is 1. The second-order valence-electron chi connectivity index (χ2n) is 6.52. The van der Waals surface area contributed by atoms with Gasteiger partial charge in [0.05, 0.1) is 18.5 Å². The molecule has 0 radical (unpaired) electrons.